The van der Waals surface area contributed by atoms with Crippen molar-refractivity contribution in [1.29, 1.82) is 0 Å². The number of benzene rings is 1. The minimum atomic E-state index is -1.42. The molecule has 20 heavy (non-hydrogen) atoms. The summed E-state index contributed by atoms with van der Waals surface area (Å²) in [7, 11) is -1.42. The average Bonchev–Trinajstić information content (AvgIpc) is 3.17. The van der Waals surface area contributed by atoms with Gasteiger partial charge in [0.15, 0.2) is 0 Å². The summed E-state index contributed by atoms with van der Waals surface area (Å²) >= 11 is 0. The summed E-state index contributed by atoms with van der Waals surface area (Å²) < 4.78 is 5.42. The van der Waals surface area contributed by atoms with E-state index in [4.69, 9.17) is 4.42 Å². The Morgan fingerprint density at radius 2 is 1.90 bits per heavy atom. The quantitative estimate of drug-likeness (QED) is 0.773. The topological polar surface area (TPSA) is 56.8 Å². The highest BCUT2D eigenvalue weighted by Crippen LogP contribution is 2.29. The number of hydrogen-bond acceptors (Lipinski definition) is 4. The minimum Gasteiger partial charge on any atom is -0.468 e. The predicted octanol–water partition coefficient (Wildman–Crippen LogP) is 1.12. The standard InChI is InChI=1S/C15H18BNO3/c18-16(19)15-6-2-1-4-12(15)10-17(13-7-8-13)11-14-5-3-9-20-14/h1-6,9,13,18-19H,7-8,10-11H2. The van der Waals surface area contributed by atoms with E-state index in [2.05, 4.69) is 4.90 Å². The SMILES string of the molecule is OB(O)c1ccccc1CN(Cc1ccco1)C1CC1. The monoisotopic (exact) mass is 271 g/mol. The molecule has 1 aromatic carbocycles. The molecule has 1 aliphatic carbocycles. The van der Waals surface area contributed by atoms with Gasteiger partial charge in [-0.05, 0) is 36.0 Å². The van der Waals surface area contributed by atoms with Crippen LogP contribution in [0, 0.1) is 0 Å². The fourth-order valence-electron chi connectivity index (χ4n) is 2.51. The van der Waals surface area contributed by atoms with E-state index in [1.807, 2.05) is 30.3 Å². The second kappa shape index (κ2) is 5.83. The predicted molar refractivity (Wildman–Crippen MR) is 77.2 cm³/mol. The van der Waals surface area contributed by atoms with E-state index in [0.29, 0.717) is 18.0 Å². The fraction of sp³-hybridized carbons (Fsp3) is 0.333. The summed E-state index contributed by atoms with van der Waals surface area (Å²) in [5, 5.41) is 18.9. The van der Waals surface area contributed by atoms with Gasteiger partial charge >= 0.3 is 7.12 Å². The van der Waals surface area contributed by atoms with E-state index >= 15 is 0 Å². The summed E-state index contributed by atoms with van der Waals surface area (Å²) in [6.07, 6.45) is 4.08. The van der Waals surface area contributed by atoms with Crippen LogP contribution < -0.4 is 5.46 Å². The zero-order valence-electron chi connectivity index (χ0n) is 11.3. The molecular formula is C15H18BNO3. The van der Waals surface area contributed by atoms with E-state index in [0.717, 1.165) is 17.9 Å². The van der Waals surface area contributed by atoms with Crippen molar-refractivity contribution in [2.75, 3.05) is 0 Å². The highest BCUT2D eigenvalue weighted by Gasteiger charge is 2.30. The molecule has 1 fully saturated rings. The Morgan fingerprint density at radius 1 is 1.10 bits per heavy atom. The average molecular weight is 271 g/mol. The van der Waals surface area contributed by atoms with Gasteiger partial charge in [-0.15, -0.1) is 0 Å². The molecule has 0 atom stereocenters. The Balaban J connectivity index is 1.76. The molecule has 1 heterocycles. The summed E-state index contributed by atoms with van der Waals surface area (Å²) in [4.78, 5) is 2.33. The Hall–Kier alpha value is -1.56. The van der Waals surface area contributed by atoms with Crippen LogP contribution >= 0.6 is 0 Å². The van der Waals surface area contributed by atoms with Crippen LogP contribution in [0.2, 0.25) is 0 Å². The third-order valence-electron chi connectivity index (χ3n) is 3.71. The van der Waals surface area contributed by atoms with Gasteiger partial charge in [0.05, 0.1) is 12.8 Å². The van der Waals surface area contributed by atoms with Crippen molar-refractivity contribution in [3.63, 3.8) is 0 Å². The van der Waals surface area contributed by atoms with Crippen LogP contribution in [0.5, 0.6) is 0 Å². The van der Waals surface area contributed by atoms with E-state index in [1.165, 1.54) is 12.8 Å². The van der Waals surface area contributed by atoms with Gasteiger partial charge in [-0.25, -0.2) is 0 Å². The van der Waals surface area contributed by atoms with Crippen LogP contribution in [-0.4, -0.2) is 28.1 Å². The highest BCUT2D eigenvalue weighted by atomic mass is 16.4. The molecule has 0 radical (unpaired) electrons. The van der Waals surface area contributed by atoms with Crippen molar-refractivity contribution in [3.05, 3.63) is 54.0 Å². The number of hydrogen-bond donors (Lipinski definition) is 2. The van der Waals surface area contributed by atoms with Crippen molar-refractivity contribution in [1.82, 2.24) is 4.90 Å². The zero-order chi connectivity index (χ0) is 13.9. The number of rotatable bonds is 6. The maximum Gasteiger partial charge on any atom is 0.488 e. The Kier molecular flexibility index (Phi) is 3.92. The smallest absolute Gasteiger partial charge is 0.468 e. The van der Waals surface area contributed by atoms with Crippen molar-refractivity contribution >= 4 is 12.6 Å². The lowest BCUT2D eigenvalue weighted by atomic mass is 9.77. The first kappa shape index (κ1) is 13.4. The molecule has 3 rings (SSSR count). The first-order valence-corrected chi connectivity index (χ1v) is 6.94. The molecule has 0 aliphatic heterocycles. The van der Waals surface area contributed by atoms with Crippen LogP contribution in [0.3, 0.4) is 0 Å². The number of nitrogens with zero attached hydrogens (tertiary/aromatic N) is 1. The maximum atomic E-state index is 9.45. The van der Waals surface area contributed by atoms with Gasteiger partial charge in [0.2, 0.25) is 0 Å². The first-order chi connectivity index (χ1) is 9.74. The van der Waals surface area contributed by atoms with Crippen LogP contribution in [0.1, 0.15) is 24.2 Å². The zero-order valence-corrected chi connectivity index (χ0v) is 11.3. The van der Waals surface area contributed by atoms with E-state index in [1.54, 1.807) is 12.3 Å². The first-order valence-electron chi connectivity index (χ1n) is 6.94. The Labute approximate surface area is 118 Å². The molecule has 5 heteroatoms. The lowest BCUT2D eigenvalue weighted by Gasteiger charge is -2.22. The summed E-state index contributed by atoms with van der Waals surface area (Å²) in [5.41, 5.74) is 1.54. The van der Waals surface area contributed by atoms with Crippen molar-refractivity contribution in [2.24, 2.45) is 0 Å². The minimum absolute atomic E-state index is 0.573. The van der Waals surface area contributed by atoms with Gasteiger partial charge in [0.1, 0.15) is 5.76 Å². The van der Waals surface area contributed by atoms with Gasteiger partial charge < -0.3 is 14.5 Å². The molecule has 0 amide bonds. The van der Waals surface area contributed by atoms with Crippen LogP contribution in [0.15, 0.2) is 47.1 Å². The molecule has 4 nitrogen and oxygen atoms in total. The lowest BCUT2D eigenvalue weighted by Crippen LogP contribution is -2.36. The van der Waals surface area contributed by atoms with E-state index in [9.17, 15) is 10.0 Å². The molecule has 1 aromatic heterocycles. The van der Waals surface area contributed by atoms with E-state index in [-0.39, 0.29) is 0 Å². The van der Waals surface area contributed by atoms with Crippen molar-refractivity contribution in [3.8, 4) is 0 Å². The largest absolute Gasteiger partial charge is 0.488 e. The lowest BCUT2D eigenvalue weighted by molar-refractivity contribution is 0.225. The maximum absolute atomic E-state index is 9.45. The fourth-order valence-corrected chi connectivity index (χ4v) is 2.51. The molecule has 0 unspecified atom stereocenters. The van der Waals surface area contributed by atoms with Crippen LogP contribution in [0.4, 0.5) is 0 Å². The summed E-state index contributed by atoms with van der Waals surface area (Å²) in [6, 6.07) is 11.9. The van der Waals surface area contributed by atoms with Crippen LogP contribution in [-0.2, 0) is 13.1 Å². The molecular weight excluding hydrogens is 253 g/mol. The molecule has 2 N–H and O–H groups in total. The third-order valence-corrected chi connectivity index (χ3v) is 3.71. The second-order valence-corrected chi connectivity index (χ2v) is 5.29. The van der Waals surface area contributed by atoms with Gasteiger partial charge in [-0.1, -0.05) is 24.3 Å². The summed E-state index contributed by atoms with van der Waals surface area (Å²) in [6.45, 7) is 1.46. The molecule has 0 saturated heterocycles. The Bertz CT molecular complexity index is 552. The third kappa shape index (κ3) is 3.12. The van der Waals surface area contributed by atoms with Gasteiger partial charge in [-0.2, -0.15) is 0 Å². The highest BCUT2D eigenvalue weighted by molar-refractivity contribution is 6.59. The molecule has 0 spiro atoms. The molecule has 0 bridgehead atoms. The normalized spacial score (nSPS) is 14.8. The molecule has 104 valence electrons. The van der Waals surface area contributed by atoms with Crippen molar-refractivity contribution < 1.29 is 14.5 Å². The van der Waals surface area contributed by atoms with Gasteiger partial charge in [0.25, 0.3) is 0 Å². The number of furan rings is 1. The molecule has 2 aromatic rings. The molecule has 1 saturated carbocycles. The van der Waals surface area contributed by atoms with E-state index < -0.39 is 7.12 Å². The summed E-state index contributed by atoms with van der Waals surface area (Å²) in [5.74, 6) is 0.943. The van der Waals surface area contributed by atoms with Gasteiger partial charge in [0, 0.05) is 12.6 Å². The molecule has 1 aliphatic rings. The van der Waals surface area contributed by atoms with Crippen molar-refractivity contribution in [2.45, 2.75) is 32.0 Å². The van der Waals surface area contributed by atoms with Gasteiger partial charge in [-0.3, -0.25) is 4.90 Å². The Morgan fingerprint density at radius 3 is 2.55 bits per heavy atom. The van der Waals surface area contributed by atoms with Crippen LogP contribution in [0.25, 0.3) is 0 Å². The second-order valence-electron chi connectivity index (χ2n) is 5.29.